The molecule has 5 rings (SSSR count). The Kier molecular flexibility index (Phi) is 6.09. The number of hydrogen-bond donors (Lipinski definition) is 0. The maximum atomic E-state index is 14.1. The second-order valence-electron chi connectivity index (χ2n) is 8.53. The molecule has 0 aromatic heterocycles. The third-order valence-electron chi connectivity index (χ3n) is 6.33. The molecular weight excluding hydrogens is 468 g/mol. The summed E-state index contributed by atoms with van der Waals surface area (Å²) >= 11 is 0. The molecule has 2 aromatic rings. The van der Waals surface area contributed by atoms with Crippen LogP contribution in [0.2, 0.25) is 0 Å². The highest BCUT2D eigenvalue weighted by atomic mass is 19.1. The Morgan fingerprint density at radius 3 is 2.14 bits per heavy atom. The quantitative estimate of drug-likeness (QED) is 0.440. The van der Waals surface area contributed by atoms with Crippen LogP contribution in [0.1, 0.15) is 27.6 Å². The number of fused-ring (bicyclic) bond motifs is 1. The van der Waals surface area contributed by atoms with Crippen LogP contribution in [0, 0.1) is 11.6 Å². The molecule has 0 unspecified atom stereocenters. The van der Waals surface area contributed by atoms with Crippen LogP contribution in [0.3, 0.4) is 0 Å². The van der Waals surface area contributed by atoms with E-state index in [2.05, 4.69) is 5.10 Å². The number of rotatable bonds is 4. The van der Waals surface area contributed by atoms with E-state index in [1.165, 1.54) is 9.58 Å². The maximum Gasteiger partial charge on any atom is 0.282 e. The summed E-state index contributed by atoms with van der Waals surface area (Å²) in [5.41, 5.74) is 1.02. The second-order valence-corrected chi connectivity index (χ2v) is 8.53. The largest absolute Gasteiger partial charge is 0.353 e. The number of pyridine rings is 1. The molecule has 0 bridgehead atoms. The van der Waals surface area contributed by atoms with Crippen LogP contribution in [0.15, 0.2) is 65.7 Å². The molecule has 3 aliphatic heterocycles. The lowest BCUT2D eigenvalue weighted by molar-refractivity contribution is 0.0532. The molecule has 1 saturated heterocycles. The fourth-order valence-electron chi connectivity index (χ4n) is 4.36. The van der Waals surface area contributed by atoms with Gasteiger partial charge in [-0.25, -0.2) is 8.78 Å². The first-order chi connectivity index (χ1) is 17.4. The molecule has 2 amide bonds. The molecular formula is C26H23F2N5O3. The van der Waals surface area contributed by atoms with Crippen LogP contribution >= 0.6 is 0 Å². The Morgan fingerprint density at radius 2 is 1.53 bits per heavy atom. The molecule has 3 aliphatic rings. The van der Waals surface area contributed by atoms with Crippen LogP contribution in [-0.2, 0) is 6.54 Å². The number of hydrogen-bond acceptors (Lipinski definition) is 4. The van der Waals surface area contributed by atoms with Gasteiger partial charge in [-0.15, -0.1) is 0 Å². The van der Waals surface area contributed by atoms with Gasteiger partial charge in [-0.3, -0.25) is 14.4 Å². The number of piperazine rings is 1. The van der Waals surface area contributed by atoms with E-state index < -0.39 is 17.5 Å². The van der Waals surface area contributed by atoms with Crippen molar-refractivity contribution in [3.05, 3.63) is 94.0 Å². The van der Waals surface area contributed by atoms with Gasteiger partial charge in [-0.2, -0.15) is 9.78 Å². The van der Waals surface area contributed by atoms with Gasteiger partial charge in [0.05, 0.1) is 22.4 Å². The lowest BCUT2D eigenvalue weighted by Gasteiger charge is -2.35. The van der Waals surface area contributed by atoms with E-state index in [-0.39, 0.29) is 43.2 Å². The minimum absolute atomic E-state index is 0.191. The van der Waals surface area contributed by atoms with Gasteiger partial charge in [0.1, 0.15) is 17.3 Å². The van der Waals surface area contributed by atoms with E-state index in [9.17, 15) is 23.2 Å². The zero-order valence-corrected chi connectivity index (χ0v) is 19.5. The summed E-state index contributed by atoms with van der Waals surface area (Å²) in [5, 5.41) is 4.48. The maximum absolute atomic E-state index is 14.1. The Hall–Kier alpha value is -4.34. The third-order valence-corrected chi connectivity index (χ3v) is 6.33. The van der Waals surface area contributed by atoms with Gasteiger partial charge in [0.25, 0.3) is 17.4 Å². The van der Waals surface area contributed by atoms with Crippen LogP contribution in [0.25, 0.3) is 16.9 Å². The predicted octanol–water partition coefficient (Wildman–Crippen LogP) is 3.04. The fraction of sp³-hybridized carbons (Fsp3) is 0.231. The van der Waals surface area contributed by atoms with Crippen molar-refractivity contribution in [3.63, 3.8) is 0 Å². The van der Waals surface area contributed by atoms with E-state index in [0.29, 0.717) is 35.1 Å². The number of benzene rings is 2. The lowest BCUT2D eigenvalue weighted by atomic mass is 10.1. The monoisotopic (exact) mass is 491 g/mol. The van der Waals surface area contributed by atoms with E-state index in [1.54, 1.807) is 46.1 Å². The number of aryl methyl sites for hydroxylation is 1. The molecule has 0 aliphatic carbocycles. The summed E-state index contributed by atoms with van der Waals surface area (Å²) in [7, 11) is 0. The van der Waals surface area contributed by atoms with E-state index >= 15 is 0 Å². The highest BCUT2D eigenvalue weighted by Gasteiger charge is 2.31. The molecule has 0 saturated carbocycles. The van der Waals surface area contributed by atoms with Gasteiger partial charge >= 0.3 is 0 Å². The topological polar surface area (TPSA) is 80.4 Å². The molecule has 2 aromatic carbocycles. The Balaban J connectivity index is 1.40. The minimum atomic E-state index is -0.920. The first kappa shape index (κ1) is 23.4. The number of nitrogens with zero attached hydrogens (tertiary/aromatic N) is 5. The molecule has 1 fully saturated rings. The van der Waals surface area contributed by atoms with Gasteiger partial charge in [-0.1, -0.05) is 18.2 Å². The third kappa shape index (κ3) is 4.15. The first-order valence-corrected chi connectivity index (χ1v) is 11.6. The van der Waals surface area contributed by atoms with Crippen LogP contribution in [0.4, 0.5) is 8.78 Å². The molecule has 36 heavy (non-hydrogen) atoms. The lowest BCUT2D eigenvalue weighted by Crippen LogP contribution is -2.50. The SMILES string of the molecule is CCn1cc(C(=O)N2CCN(C(=O)c3ccc(F)cc3F)CC2)c2nn(-c3ccccc3)c(=O)c-2c1. The number of para-hydroxylation sites is 1. The highest BCUT2D eigenvalue weighted by Crippen LogP contribution is 2.24. The molecule has 3 heterocycles. The smallest absolute Gasteiger partial charge is 0.282 e. The molecule has 8 nitrogen and oxygen atoms in total. The van der Waals surface area contributed by atoms with Gasteiger partial charge in [-0.05, 0) is 31.2 Å². The standard InChI is InChI=1S/C26H23F2N5O3/c1-2-30-15-20(23-21(16-30)26(36)33(29-23)18-6-4-3-5-7-18)25(35)32-12-10-31(11-13-32)24(34)19-9-8-17(27)14-22(19)28/h3-9,14-16H,2,10-13H2,1H3. The summed E-state index contributed by atoms with van der Waals surface area (Å²) in [6.07, 6.45) is 3.37. The second kappa shape index (κ2) is 9.37. The van der Waals surface area contributed by atoms with Crippen molar-refractivity contribution in [2.75, 3.05) is 26.2 Å². The summed E-state index contributed by atoms with van der Waals surface area (Å²) in [5.74, 6) is -2.53. The van der Waals surface area contributed by atoms with Crippen LogP contribution in [0.5, 0.6) is 0 Å². The number of carbonyl (C=O) groups is 2. The predicted molar refractivity (Wildman–Crippen MR) is 128 cm³/mol. The zero-order valence-electron chi connectivity index (χ0n) is 19.5. The van der Waals surface area contributed by atoms with Gasteiger partial charge in [0.2, 0.25) is 0 Å². The van der Waals surface area contributed by atoms with Crippen molar-refractivity contribution in [2.24, 2.45) is 0 Å². The van der Waals surface area contributed by atoms with Crippen molar-refractivity contribution in [1.82, 2.24) is 24.1 Å². The van der Waals surface area contributed by atoms with Crippen molar-refractivity contribution in [3.8, 4) is 16.9 Å². The number of amides is 2. The first-order valence-electron chi connectivity index (χ1n) is 11.6. The Labute approximate surface area is 205 Å². The molecule has 0 N–H and O–H groups in total. The fourth-order valence-corrected chi connectivity index (χ4v) is 4.36. The average Bonchev–Trinajstić information content (AvgIpc) is 3.24. The number of aromatic nitrogens is 3. The average molecular weight is 491 g/mol. The summed E-state index contributed by atoms with van der Waals surface area (Å²) < 4.78 is 30.3. The Bertz CT molecular complexity index is 1470. The highest BCUT2D eigenvalue weighted by molar-refractivity contribution is 6.00. The van der Waals surface area contributed by atoms with Gasteiger partial charge < -0.3 is 14.4 Å². The van der Waals surface area contributed by atoms with Crippen LogP contribution in [-0.4, -0.2) is 62.1 Å². The van der Waals surface area contributed by atoms with E-state index in [1.807, 2.05) is 13.0 Å². The number of halogens is 2. The summed E-state index contributed by atoms with van der Waals surface area (Å²) in [4.78, 5) is 42.4. The van der Waals surface area contributed by atoms with Crippen molar-refractivity contribution in [1.29, 1.82) is 0 Å². The molecule has 10 heteroatoms. The van der Waals surface area contributed by atoms with Crippen molar-refractivity contribution < 1.29 is 18.4 Å². The van der Waals surface area contributed by atoms with E-state index in [0.717, 1.165) is 12.1 Å². The van der Waals surface area contributed by atoms with Gasteiger partial charge in [0.15, 0.2) is 0 Å². The normalized spacial score (nSPS) is 13.9. The van der Waals surface area contributed by atoms with Crippen LogP contribution < -0.4 is 5.56 Å². The Morgan fingerprint density at radius 1 is 0.889 bits per heavy atom. The van der Waals surface area contributed by atoms with Gasteiger partial charge in [0, 0.05) is 51.2 Å². The zero-order chi connectivity index (χ0) is 25.4. The number of carbonyl (C=O) groups excluding carboxylic acids is 2. The van der Waals surface area contributed by atoms with Crippen molar-refractivity contribution in [2.45, 2.75) is 13.5 Å². The molecule has 0 atom stereocenters. The van der Waals surface area contributed by atoms with Crippen molar-refractivity contribution >= 4 is 11.8 Å². The molecule has 184 valence electrons. The minimum Gasteiger partial charge on any atom is -0.353 e. The molecule has 0 radical (unpaired) electrons. The summed E-state index contributed by atoms with van der Waals surface area (Å²) in [6, 6.07) is 11.8. The summed E-state index contributed by atoms with van der Waals surface area (Å²) in [6.45, 7) is 3.29. The molecule has 0 spiro atoms. The van der Waals surface area contributed by atoms with E-state index in [4.69, 9.17) is 0 Å².